The van der Waals surface area contributed by atoms with Crippen molar-refractivity contribution in [3.05, 3.63) is 53.6 Å². The van der Waals surface area contributed by atoms with E-state index in [0.29, 0.717) is 11.3 Å². The van der Waals surface area contributed by atoms with Crippen LogP contribution in [-0.2, 0) is 23.3 Å². The molecule has 0 unspecified atom stereocenters. The maximum atomic E-state index is 13.4. The van der Waals surface area contributed by atoms with Gasteiger partial charge in [-0.25, -0.2) is 18.9 Å². The topological polar surface area (TPSA) is 122 Å². The van der Waals surface area contributed by atoms with Gasteiger partial charge in [0.1, 0.15) is 18.8 Å². The molecular weight excluding hydrogens is 531 g/mol. The highest BCUT2D eigenvalue weighted by molar-refractivity contribution is 7.53. The van der Waals surface area contributed by atoms with E-state index in [1.54, 1.807) is 58.5 Å². The Morgan fingerprint density at radius 1 is 0.897 bits per heavy atom. The van der Waals surface area contributed by atoms with Crippen molar-refractivity contribution in [3.63, 3.8) is 0 Å². The second-order valence-corrected chi connectivity index (χ2v) is 11.7. The smallest absolute Gasteiger partial charge is 0.347 e. The Morgan fingerprint density at radius 3 is 2.00 bits per heavy atom. The molecule has 3 atom stereocenters. The molecule has 39 heavy (non-hydrogen) atoms. The van der Waals surface area contributed by atoms with Crippen LogP contribution in [0, 0.1) is 0 Å². The summed E-state index contributed by atoms with van der Waals surface area (Å²) in [5.74, 6) is -0.391. The van der Waals surface area contributed by atoms with Crippen molar-refractivity contribution < 1.29 is 47.1 Å². The SMILES string of the molecule is COc1cc(C(=O)O[C@H]2C[C@@H](OP(=O)(N(C)C)N(C)C)O[C@@H]2COC(=O)c2ccccc2)cc(OC)c1OC. The van der Waals surface area contributed by atoms with E-state index in [4.69, 9.17) is 32.9 Å². The summed E-state index contributed by atoms with van der Waals surface area (Å²) in [5, 5.41) is 0. The van der Waals surface area contributed by atoms with Crippen LogP contribution in [0.4, 0.5) is 0 Å². The van der Waals surface area contributed by atoms with Gasteiger partial charge >= 0.3 is 19.6 Å². The van der Waals surface area contributed by atoms with Crippen molar-refractivity contribution in [3.8, 4) is 17.2 Å². The Morgan fingerprint density at radius 2 is 1.49 bits per heavy atom. The van der Waals surface area contributed by atoms with E-state index in [1.807, 2.05) is 0 Å². The Balaban J connectivity index is 1.82. The van der Waals surface area contributed by atoms with Crippen LogP contribution < -0.4 is 14.2 Å². The van der Waals surface area contributed by atoms with Gasteiger partial charge in [0.2, 0.25) is 5.75 Å². The number of ether oxygens (including phenoxy) is 6. The number of carbonyl (C=O) groups excluding carboxylic acids is 2. The average Bonchev–Trinajstić information content (AvgIpc) is 3.30. The lowest BCUT2D eigenvalue weighted by Gasteiger charge is -2.31. The molecule has 0 radical (unpaired) electrons. The lowest BCUT2D eigenvalue weighted by atomic mass is 10.1. The van der Waals surface area contributed by atoms with Crippen LogP contribution in [0.25, 0.3) is 0 Å². The van der Waals surface area contributed by atoms with Crippen LogP contribution in [-0.4, -0.2) is 95.9 Å². The number of methoxy groups -OCH3 is 3. The first-order valence-electron chi connectivity index (χ1n) is 12.1. The monoisotopic (exact) mass is 566 g/mol. The van der Waals surface area contributed by atoms with Gasteiger partial charge in [0.05, 0.1) is 32.5 Å². The number of esters is 2. The molecule has 214 valence electrons. The van der Waals surface area contributed by atoms with Crippen molar-refractivity contribution in [1.29, 1.82) is 0 Å². The third kappa shape index (κ3) is 7.09. The molecule has 1 heterocycles. The van der Waals surface area contributed by atoms with Gasteiger partial charge in [0, 0.05) is 6.42 Å². The third-order valence-electron chi connectivity index (χ3n) is 5.98. The van der Waals surface area contributed by atoms with Crippen molar-refractivity contribution in [2.75, 3.05) is 56.1 Å². The molecule has 1 aliphatic rings. The lowest BCUT2D eigenvalue weighted by Crippen LogP contribution is -2.32. The van der Waals surface area contributed by atoms with Crippen LogP contribution in [0.5, 0.6) is 17.2 Å². The van der Waals surface area contributed by atoms with Gasteiger partial charge in [0.25, 0.3) is 0 Å². The standard InChI is InChI=1S/C26H35N2O10P/c1-27(2)39(31,28(3)4)38-23-15-19(22(36-23)16-35-25(29)17-11-9-8-10-12-17)37-26(30)18-13-20(32-5)24(34-7)21(14-18)33-6/h8-14,19,22-23H,15-16H2,1-7H3/t19-,22+,23+/m0/s1. The molecule has 2 aromatic rings. The summed E-state index contributed by atoms with van der Waals surface area (Å²) >= 11 is 0. The molecule has 12 nitrogen and oxygen atoms in total. The van der Waals surface area contributed by atoms with Crippen LogP contribution in [0.1, 0.15) is 27.1 Å². The molecular formula is C26H35N2O10P. The molecule has 0 N–H and O–H groups in total. The molecule has 3 rings (SSSR count). The minimum absolute atomic E-state index is 0.0510. The summed E-state index contributed by atoms with van der Waals surface area (Å²) in [4.78, 5) is 25.7. The predicted octanol–water partition coefficient (Wildman–Crippen LogP) is 3.46. The lowest BCUT2D eigenvalue weighted by molar-refractivity contribution is -0.101. The van der Waals surface area contributed by atoms with E-state index in [0.717, 1.165) is 0 Å². The Kier molecular flexibility index (Phi) is 10.3. The van der Waals surface area contributed by atoms with Crippen molar-refractivity contribution >= 4 is 19.6 Å². The van der Waals surface area contributed by atoms with E-state index in [9.17, 15) is 14.2 Å². The highest BCUT2D eigenvalue weighted by Gasteiger charge is 2.44. The van der Waals surface area contributed by atoms with Gasteiger partial charge in [-0.05, 0) is 52.5 Å². The Bertz CT molecular complexity index is 1150. The van der Waals surface area contributed by atoms with E-state index in [-0.39, 0.29) is 30.1 Å². The van der Waals surface area contributed by atoms with Crippen LogP contribution in [0.2, 0.25) is 0 Å². The van der Waals surface area contributed by atoms with E-state index in [2.05, 4.69) is 0 Å². The first kappa shape index (κ1) is 30.4. The van der Waals surface area contributed by atoms with Gasteiger partial charge in [-0.15, -0.1) is 0 Å². The Hall–Kier alpha value is -3.15. The van der Waals surface area contributed by atoms with Crippen LogP contribution >= 0.6 is 7.67 Å². The summed E-state index contributed by atoms with van der Waals surface area (Å²) in [6.07, 6.45) is -2.72. The summed E-state index contributed by atoms with van der Waals surface area (Å²) in [6.45, 7) is -0.227. The zero-order valence-electron chi connectivity index (χ0n) is 23.1. The molecule has 0 spiro atoms. The maximum Gasteiger partial charge on any atom is 0.347 e. The average molecular weight is 567 g/mol. The zero-order valence-corrected chi connectivity index (χ0v) is 24.0. The van der Waals surface area contributed by atoms with Crippen LogP contribution in [0.3, 0.4) is 0 Å². The number of rotatable bonds is 12. The fraction of sp³-hybridized carbons (Fsp3) is 0.462. The molecule has 1 aliphatic heterocycles. The second-order valence-electron chi connectivity index (χ2n) is 8.95. The van der Waals surface area contributed by atoms with Crippen molar-refractivity contribution in [2.24, 2.45) is 0 Å². The number of hydrogen-bond donors (Lipinski definition) is 0. The minimum Gasteiger partial charge on any atom is -0.493 e. The molecule has 0 amide bonds. The molecule has 13 heteroatoms. The summed E-state index contributed by atoms with van der Waals surface area (Å²) in [6, 6.07) is 11.4. The van der Waals surface area contributed by atoms with E-state index < -0.39 is 38.1 Å². The molecule has 0 aromatic heterocycles. The van der Waals surface area contributed by atoms with Gasteiger partial charge < -0.3 is 28.4 Å². The number of benzene rings is 2. The molecule has 1 fully saturated rings. The molecule has 1 saturated heterocycles. The van der Waals surface area contributed by atoms with Crippen molar-refractivity contribution in [1.82, 2.24) is 9.34 Å². The summed E-state index contributed by atoms with van der Waals surface area (Å²) < 4.78 is 55.3. The second kappa shape index (κ2) is 13.3. The first-order chi connectivity index (χ1) is 18.5. The minimum atomic E-state index is -3.43. The quantitative estimate of drug-likeness (QED) is 0.276. The fourth-order valence-electron chi connectivity index (χ4n) is 3.94. The maximum absolute atomic E-state index is 13.4. The third-order valence-corrected chi connectivity index (χ3v) is 8.51. The van der Waals surface area contributed by atoms with Crippen LogP contribution in [0.15, 0.2) is 42.5 Å². The first-order valence-corrected chi connectivity index (χ1v) is 13.6. The summed E-state index contributed by atoms with van der Waals surface area (Å²) in [5.41, 5.74) is 0.500. The predicted molar refractivity (Wildman–Crippen MR) is 141 cm³/mol. The highest BCUT2D eigenvalue weighted by atomic mass is 31.2. The van der Waals surface area contributed by atoms with Gasteiger partial charge in [-0.3, -0.25) is 9.09 Å². The summed E-state index contributed by atoms with van der Waals surface area (Å²) in [7, 11) is 7.38. The van der Waals surface area contributed by atoms with E-state index >= 15 is 0 Å². The highest BCUT2D eigenvalue weighted by Crippen LogP contribution is 2.53. The van der Waals surface area contributed by atoms with Gasteiger partial charge in [-0.1, -0.05) is 18.2 Å². The molecule has 2 aromatic carbocycles. The number of carbonyl (C=O) groups is 2. The van der Waals surface area contributed by atoms with Gasteiger partial charge in [-0.2, -0.15) is 0 Å². The van der Waals surface area contributed by atoms with Crippen molar-refractivity contribution in [2.45, 2.75) is 24.9 Å². The largest absolute Gasteiger partial charge is 0.493 e. The molecule has 0 saturated carbocycles. The normalized spacial score (nSPS) is 19.2. The number of hydrogen-bond acceptors (Lipinski definition) is 10. The van der Waals surface area contributed by atoms with E-state index in [1.165, 1.54) is 42.8 Å². The number of nitrogens with zero attached hydrogens (tertiary/aromatic N) is 2. The molecule has 0 bridgehead atoms. The van der Waals surface area contributed by atoms with Gasteiger partial charge in [0.15, 0.2) is 17.8 Å². The zero-order chi connectivity index (χ0) is 28.7. The fourth-order valence-corrected chi connectivity index (χ4v) is 5.47. The molecule has 0 aliphatic carbocycles. The Labute approximate surface area is 228 Å².